The van der Waals surface area contributed by atoms with Gasteiger partial charge in [-0.2, -0.15) is 5.10 Å². The highest BCUT2D eigenvalue weighted by atomic mass is 16.5. The standard InChI is InChI=1S/C20H17N3O5/c1-12(24)13-7-5-6-10-16(13)21-17(25)11-28-20(27)18-14-8-3-4-9-15(14)19(26)23(2)22-18/h3-10H,11H2,1-2H3,(H,21,25). The lowest BCUT2D eigenvalue weighted by atomic mass is 10.1. The zero-order valence-electron chi connectivity index (χ0n) is 15.3. The highest BCUT2D eigenvalue weighted by molar-refractivity contribution is 6.05. The number of fused-ring (bicyclic) bond motifs is 1. The maximum absolute atomic E-state index is 12.4. The fourth-order valence-corrected chi connectivity index (χ4v) is 2.74. The van der Waals surface area contributed by atoms with Crippen molar-refractivity contribution < 1.29 is 19.1 Å². The SMILES string of the molecule is CC(=O)c1ccccc1NC(=O)COC(=O)c1nn(C)c(=O)c2ccccc12. The minimum Gasteiger partial charge on any atom is -0.451 e. The van der Waals surface area contributed by atoms with Crippen LogP contribution in [0.25, 0.3) is 10.8 Å². The molecule has 0 unspecified atom stereocenters. The van der Waals surface area contributed by atoms with E-state index in [0.717, 1.165) is 4.68 Å². The van der Waals surface area contributed by atoms with E-state index in [4.69, 9.17) is 4.74 Å². The molecule has 0 radical (unpaired) electrons. The lowest BCUT2D eigenvalue weighted by Crippen LogP contribution is -2.26. The molecule has 1 heterocycles. The molecule has 3 rings (SSSR count). The molecule has 1 amide bonds. The van der Waals surface area contributed by atoms with Crippen LogP contribution in [-0.2, 0) is 16.6 Å². The predicted molar refractivity (Wildman–Crippen MR) is 102 cm³/mol. The summed E-state index contributed by atoms with van der Waals surface area (Å²) in [6.07, 6.45) is 0. The van der Waals surface area contributed by atoms with Crippen LogP contribution in [0.5, 0.6) is 0 Å². The fourth-order valence-electron chi connectivity index (χ4n) is 2.74. The van der Waals surface area contributed by atoms with Gasteiger partial charge in [-0.3, -0.25) is 14.4 Å². The Hall–Kier alpha value is -3.81. The average molecular weight is 379 g/mol. The van der Waals surface area contributed by atoms with Gasteiger partial charge >= 0.3 is 5.97 Å². The molecule has 0 aliphatic rings. The van der Waals surface area contributed by atoms with Crippen LogP contribution >= 0.6 is 0 Å². The lowest BCUT2D eigenvalue weighted by Gasteiger charge is -2.10. The minimum absolute atomic E-state index is 0.0605. The molecule has 1 aromatic heterocycles. The van der Waals surface area contributed by atoms with Crippen molar-refractivity contribution in [3.63, 3.8) is 0 Å². The summed E-state index contributed by atoms with van der Waals surface area (Å²) in [6, 6.07) is 13.1. The molecule has 0 spiro atoms. The first-order chi connectivity index (χ1) is 13.4. The fraction of sp³-hybridized carbons (Fsp3) is 0.150. The Bertz CT molecular complexity index is 1150. The summed E-state index contributed by atoms with van der Waals surface area (Å²) in [5.74, 6) is -1.63. The number of aryl methyl sites for hydroxylation is 1. The summed E-state index contributed by atoms with van der Waals surface area (Å²) in [7, 11) is 1.43. The summed E-state index contributed by atoms with van der Waals surface area (Å²) in [5, 5.41) is 7.17. The zero-order valence-corrected chi connectivity index (χ0v) is 15.3. The molecule has 8 heteroatoms. The number of hydrogen-bond donors (Lipinski definition) is 1. The van der Waals surface area contributed by atoms with Gasteiger partial charge in [0.2, 0.25) is 0 Å². The van der Waals surface area contributed by atoms with Crippen LogP contribution in [-0.4, -0.2) is 34.0 Å². The van der Waals surface area contributed by atoms with Gasteiger partial charge in [0, 0.05) is 18.0 Å². The highest BCUT2D eigenvalue weighted by Crippen LogP contribution is 2.16. The number of ketones is 1. The normalized spacial score (nSPS) is 10.5. The molecule has 1 N–H and O–H groups in total. The zero-order chi connectivity index (χ0) is 20.3. The molecule has 0 saturated carbocycles. The van der Waals surface area contributed by atoms with E-state index >= 15 is 0 Å². The maximum atomic E-state index is 12.4. The third kappa shape index (κ3) is 3.80. The Balaban J connectivity index is 1.76. The summed E-state index contributed by atoms with van der Waals surface area (Å²) >= 11 is 0. The van der Waals surface area contributed by atoms with E-state index in [1.165, 1.54) is 14.0 Å². The molecule has 28 heavy (non-hydrogen) atoms. The molecule has 0 saturated heterocycles. The van der Waals surface area contributed by atoms with Crippen molar-refractivity contribution in [3.05, 3.63) is 70.1 Å². The Morgan fingerprint density at radius 3 is 2.39 bits per heavy atom. The minimum atomic E-state index is -0.832. The third-order valence-corrected chi connectivity index (χ3v) is 4.06. The van der Waals surface area contributed by atoms with Crippen molar-refractivity contribution in [2.45, 2.75) is 6.92 Å². The topological polar surface area (TPSA) is 107 Å². The summed E-state index contributed by atoms with van der Waals surface area (Å²) in [4.78, 5) is 48.3. The Morgan fingerprint density at radius 2 is 1.68 bits per heavy atom. The van der Waals surface area contributed by atoms with Crippen LogP contribution < -0.4 is 10.9 Å². The summed E-state index contributed by atoms with van der Waals surface area (Å²) < 4.78 is 6.10. The Labute approximate surface area is 159 Å². The van der Waals surface area contributed by atoms with E-state index in [9.17, 15) is 19.2 Å². The van der Waals surface area contributed by atoms with E-state index in [2.05, 4.69) is 10.4 Å². The number of hydrogen-bond acceptors (Lipinski definition) is 6. The van der Waals surface area contributed by atoms with E-state index < -0.39 is 18.5 Å². The number of ether oxygens (including phenoxy) is 1. The van der Waals surface area contributed by atoms with Crippen LogP contribution in [0.4, 0.5) is 5.69 Å². The number of carbonyl (C=O) groups excluding carboxylic acids is 3. The van der Waals surface area contributed by atoms with E-state index in [1.807, 2.05) is 0 Å². The third-order valence-electron chi connectivity index (χ3n) is 4.06. The Morgan fingerprint density at radius 1 is 1.04 bits per heavy atom. The van der Waals surface area contributed by atoms with Gasteiger partial charge in [0.05, 0.1) is 11.1 Å². The van der Waals surface area contributed by atoms with Crippen molar-refractivity contribution in [2.24, 2.45) is 7.05 Å². The molecule has 0 aliphatic heterocycles. The predicted octanol–water partition coefficient (Wildman–Crippen LogP) is 1.93. The molecule has 0 atom stereocenters. The number of Topliss-reactive ketones (excluding diaryl/α,β-unsaturated/α-hetero) is 1. The monoisotopic (exact) mass is 379 g/mol. The van der Waals surface area contributed by atoms with E-state index in [1.54, 1.807) is 48.5 Å². The molecule has 2 aromatic carbocycles. The van der Waals surface area contributed by atoms with Crippen LogP contribution in [0.3, 0.4) is 0 Å². The number of aromatic nitrogens is 2. The molecular formula is C20H17N3O5. The van der Waals surface area contributed by atoms with Crippen molar-refractivity contribution in [1.29, 1.82) is 0 Å². The van der Waals surface area contributed by atoms with Crippen LogP contribution in [0, 0.1) is 0 Å². The molecular weight excluding hydrogens is 362 g/mol. The first-order valence-corrected chi connectivity index (χ1v) is 8.41. The first-order valence-electron chi connectivity index (χ1n) is 8.41. The second-order valence-electron chi connectivity index (χ2n) is 6.05. The van der Waals surface area contributed by atoms with Gasteiger partial charge < -0.3 is 10.1 Å². The van der Waals surface area contributed by atoms with Crippen molar-refractivity contribution in [2.75, 3.05) is 11.9 Å². The molecule has 0 aliphatic carbocycles. The van der Waals surface area contributed by atoms with Crippen LogP contribution in [0.2, 0.25) is 0 Å². The van der Waals surface area contributed by atoms with Gasteiger partial charge in [0.15, 0.2) is 18.1 Å². The molecule has 142 valence electrons. The number of nitrogens with zero attached hydrogens (tertiary/aromatic N) is 2. The second kappa shape index (κ2) is 7.83. The maximum Gasteiger partial charge on any atom is 0.359 e. The highest BCUT2D eigenvalue weighted by Gasteiger charge is 2.18. The first kappa shape index (κ1) is 19.0. The summed E-state index contributed by atoms with van der Waals surface area (Å²) in [5.41, 5.74) is 0.287. The van der Waals surface area contributed by atoms with Crippen LogP contribution in [0.15, 0.2) is 53.3 Å². The number of amides is 1. The molecule has 3 aromatic rings. The van der Waals surface area contributed by atoms with Crippen LogP contribution in [0.1, 0.15) is 27.8 Å². The van der Waals surface area contributed by atoms with Gasteiger partial charge in [0.1, 0.15) is 0 Å². The quantitative estimate of drug-likeness (QED) is 0.536. The molecule has 0 fully saturated rings. The number of benzene rings is 2. The number of esters is 1. The van der Waals surface area contributed by atoms with Gasteiger partial charge in [-0.1, -0.05) is 30.3 Å². The summed E-state index contributed by atoms with van der Waals surface area (Å²) in [6.45, 7) is 0.825. The van der Waals surface area contributed by atoms with E-state index in [0.29, 0.717) is 22.0 Å². The van der Waals surface area contributed by atoms with Gasteiger partial charge in [-0.25, -0.2) is 9.48 Å². The number of nitrogens with one attached hydrogen (secondary N) is 1. The molecule has 8 nitrogen and oxygen atoms in total. The van der Waals surface area contributed by atoms with Crippen molar-refractivity contribution in [1.82, 2.24) is 9.78 Å². The Kier molecular flexibility index (Phi) is 5.30. The largest absolute Gasteiger partial charge is 0.451 e. The molecule has 0 bridgehead atoms. The number of para-hydroxylation sites is 1. The number of carbonyl (C=O) groups is 3. The second-order valence-corrected chi connectivity index (χ2v) is 6.05. The van der Waals surface area contributed by atoms with E-state index in [-0.39, 0.29) is 17.0 Å². The van der Waals surface area contributed by atoms with Crippen molar-refractivity contribution >= 4 is 34.1 Å². The van der Waals surface area contributed by atoms with Crippen molar-refractivity contribution in [3.8, 4) is 0 Å². The smallest absolute Gasteiger partial charge is 0.359 e. The van der Waals surface area contributed by atoms with Gasteiger partial charge in [0.25, 0.3) is 11.5 Å². The van der Waals surface area contributed by atoms with Gasteiger partial charge in [-0.05, 0) is 25.1 Å². The average Bonchev–Trinajstić information content (AvgIpc) is 2.69. The van der Waals surface area contributed by atoms with Gasteiger partial charge in [-0.15, -0.1) is 0 Å². The number of anilines is 1. The number of rotatable bonds is 5. The lowest BCUT2D eigenvalue weighted by molar-refractivity contribution is -0.119.